The Bertz CT molecular complexity index is 467. The largest absolute Gasteiger partial charge is 0.360 e. The van der Waals surface area contributed by atoms with Gasteiger partial charge in [-0.05, 0) is 25.5 Å². The van der Waals surface area contributed by atoms with Gasteiger partial charge in [0, 0.05) is 23.8 Å². The molecule has 84 valence electrons. The van der Waals surface area contributed by atoms with E-state index >= 15 is 0 Å². The monoisotopic (exact) mass is 234 g/mol. The van der Waals surface area contributed by atoms with Gasteiger partial charge in [0.2, 0.25) is 5.13 Å². The van der Waals surface area contributed by atoms with Crippen molar-refractivity contribution in [2.45, 2.75) is 20.3 Å². The molecule has 16 heavy (non-hydrogen) atoms. The van der Waals surface area contributed by atoms with Crippen LogP contribution in [0.15, 0.2) is 18.2 Å². The Morgan fingerprint density at radius 3 is 2.94 bits per heavy atom. The lowest BCUT2D eigenvalue weighted by Gasteiger charge is -1.97. The van der Waals surface area contributed by atoms with Crippen LogP contribution in [0.2, 0.25) is 0 Å². The average Bonchev–Trinajstić information content (AvgIpc) is 2.75. The molecule has 4 nitrogen and oxygen atoms in total. The first-order valence-corrected chi connectivity index (χ1v) is 6.08. The fraction of sp³-hybridized carbons (Fsp3) is 0.364. The first-order chi connectivity index (χ1) is 7.79. The minimum atomic E-state index is 0.701. The summed E-state index contributed by atoms with van der Waals surface area (Å²) in [5.41, 5.74) is 1.82. The summed E-state index contributed by atoms with van der Waals surface area (Å²) >= 11 is 1.38. The molecule has 0 atom stereocenters. The molecule has 0 amide bonds. The third kappa shape index (κ3) is 2.55. The molecule has 0 saturated carbocycles. The van der Waals surface area contributed by atoms with Crippen molar-refractivity contribution in [1.82, 2.24) is 14.3 Å². The minimum absolute atomic E-state index is 0.701. The minimum Gasteiger partial charge on any atom is -0.360 e. The highest BCUT2D eigenvalue weighted by atomic mass is 32.1. The van der Waals surface area contributed by atoms with E-state index in [0.29, 0.717) is 5.82 Å². The third-order valence-corrected chi connectivity index (χ3v) is 2.74. The predicted octanol–water partition coefficient (Wildman–Crippen LogP) is 2.73. The Hall–Kier alpha value is -1.49. The normalized spacial score (nSPS) is 10.4. The van der Waals surface area contributed by atoms with Crippen molar-refractivity contribution in [3.63, 3.8) is 0 Å². The summed E-state index contributed by atoms with van der Waals surface area (Å²) in [6.45, 7) is 5.01. The summed E-state index contributed by atoms with van der Waals surface area (Å²) in [6, 6.07) is 5.86. The van der Waals surface area contributed by atoms with E-state index < -0.39 is 0 Å². The zero-order chi connectivity index (χ0) is 11.4. The summed E-state index contributed by atoms with van der Waals surface area (Å²) in [7, 11) is 0. The number of anilines is 1. The van der Waals surface area contributed by atoms with E-state index in [2.05, 4.69) is 26.6 Å². The second-order valence-electron chi connectivity index (χ2n) is 3.51. The number of aromatic nitrogens is 3. The molecule has 0 aliphatic heterocycles. The molecule has 0 aliphatic rings. The van der Waals surface area contributed by atoms with Crippen molar-refractivity contribution in [2.24, 2.45) is 0 Å². The van der Waals surface area contributed by atoms with Crippen molar-refractivity contribution in [3.05, 3.63) is 23.9 Å². The van der Waals surface area contributed by atoms with Crippen LogP contribution in [-0.4, -0.2) is 20.9 Å². The summed E-state index contributed by atoms with van der Waals surface area (Å²) in [6.07, 6.45) is 1.08. The highest BCUT2D eigenvalue weighted by molar-refractivity contribution is 7.09. The van der Waals surface area contributed by atoms with E-state index in [1.54, 1.807) is 0 Å². The summed E-state index contributed by atoms with van der Waals surface area (Å²) in [4.78, 5) is 8.78. The molecule has 2 aromatic heterocycles. The van der Waals surface area contributed by atoms with Crippen LogP contribution in [0.1, 0.15) is 19.0 Å². The van der Waals surface area contributed by atoms with Crippen LogP contribution >= 0.6 is 11.5 Å². The highest BCUT2D eigenvalue weighted by Gasteiger charge is 2.06. The molecule has 0 unspecified atom stereocenters. The van der Waals surface area contributed by atoms with E-state index in [-0.39, 0.29) is 0 Å². The number of aryl methyl sites for hydroxylation is 1. The Morgan fingerprint density at radius 2 is 2.19 bits per heavy atom. The Labute approximate surface area is 98.9 Å². The Morgan fingerprint density at radius 1 is 1.31 bits per heavy atom. The average molecular weight is 234 g/mol. The zero-order valence-electron chi connectivity index (χ0n) is 9.40. The van der Waals surface area contributed by atoms with Gasteiger partial charge in [-0.25, -0.2) is 4.98 Å². The molecular formula is C11H14N4S. The maximum atomic E-state index is 4.39. The fourth-order valence-electron chi connectivity index (χ4n) is 1.30. The molecule has 0 bridgehead atoms. The SMILES string of the molecule is CCCNc1nc(-c2cccc(C)n2)ns1. The van der Waals surface area contributed by atoms with Crippen LogP contribution in [0.5, 0.6) is 0 Å². The molecule has 0 saturated heterocycles. The predicted molar refractivity (Wildman–Crippen MR) is 66.7 cm³/mol. The maximum absolute atomic E-state index is 4.39. The Balaban J connectivity index is 2.18. The number of rotatable bonds is 4. The fourth-order valence-corrected chi connectivity index (χ4v) is 1.90. The molecule has 1 N–H and O–H groups in total. The lowest BCUT2D eigenvalue weighted by atomic mass is 10.3. The summed E-state index contributed by atoms with van der Waals surface area (Å²) < 4.78 is 4.29. The maximum Gasteiger partial charge on any atom is 0.202 e. The molecule has 5 heteroatoms. The van der Waals surface area contributed by atoms with E-state index in [4.69, 9.17) is 0 Å². The van der Waals surface area contributed by atoms with Crippen LogP contribution < -0.4 is 5.32 Å². The van der Waals surface area contributed by atoms with Gasteiger partial charge in [0.25, 0.3) is 0 Å². The number of hydrogen-bond acceptors (Lipinski definition) is 5. The van der Waals surface area contributed by atoms with Crippen LogP contribution in [-0.2, 0) is 0 Å². The zero-order valence-corrected chi connectivity index (χ0v) is 10.2. The number of hydrogen-bond donors (Lipinski definition) is 1. The van der Waals surface area contributed by atoms with Crippen LogP contribution in [0.3, 0.4) is 0 Å². The van der Waals surface area contributed by atoms with Gasteiger partial charge in [-0.3, -0.25) is 0 Å². The van der Waals surface area contributed by atoms with Crippen LogP contribution in [0.25, 0.3) is 11.5 Å². The molecule has 2 rings (SSSR count). The van der Waals surface area contributed by atoms with Gasteiger partial charge in [-0.2, -0.15) is 9.36 Å². The van der Waals surface area contributed by atoms with E-state index in [9.17, 15) is 0 Å². The summed E-state index contributed by atoms with van der Waals surface area (Å²) in [5, 5.41) is 4.08. The summed E-state index contributed by atoms with van der Waals surface area (Å²) in [5.74, 6) is 0.701. The second-order valence-corrected chi connectivity index (χ2v) is 4.27. The van der Waals surface area contributed by atoms with Gasteiger partial charge in [0.1, 0.15) is 5.69 Å². The molecule has 2 aromatic rings. The third-order valence-electron chi connectivity index (χ3n) is 2.07. The number of nitrogens with one attached hydrogen (secondary N) is 1. The quantitative estimate of drug-likeness (QED) is 0.883. The van der Waals surface area contributed by atoms with Crippen LogP contribution in [0.4, 0.5) is 5.13 Å². The highest BCUT2D eigenvalue weighted by Crippen LogP contribution is 2.19. The molecule has 0 aliphatic carbocycles. The molecular weight excluding hydrogens is 220 g/mol. The van der Waals surface area contributed by atoms with E-state index in [1.807, 2.05) is 25.1 Å². The van der Waals surface area contributed by atoms with Gasteiger partial charge in [-0.15, -0.1) is 0 Å². The van der Waals surface area contributed by atoms with Crippen molar-refractivity contribution in [3.8, 4) is 11.5 Å². The molecule has 0 fully saturated rings. The lowest BCUT2D eigenvalue weighted by molar-refractivity contribution is 0.976. The van der Waals surface area contributed by atoms with Crippen molar-refractivity contribution >= 4 is 16.7 Å². The standard InChI is InChI=1S/C11H14N4S/c1-3-7-12-11-14-10(15-16-11)9-6-4-5-8(2)13-9/h4-6H,3,7H2,1-2H3,(H,12,14,15). The molecule has 0 spiro atoms. The number of pyridine rings is 1. The van der Waals surface area contributed by atoms with Gasteiger partial charge in [-0.1, -0.05) is 13.0 Å². The van der Waals surface area contributed by atoms with E-state index in [1.165, 1.54) is 11.5 Å². The lowest BCUT2D eigenvalue weighted by Crippen LogP contribution is -1.98. The van der Waals surface area contributed by atoms with Crippen LogP contribution in [0, 0.1) is 6.92 Å². The first kappa shape index (κ1) is 11.0. The van der Waals surface area contributed by atoms with Crippen molar-refractivity contribution < 1.29 is 0 Å². The van der Waals surface area contributed by atoms with Gasteiger partial charge < -0.3 is 5.32 Å². The van der Waals surface area contributed by atoms with Crippen molar-refractivity contribution in [2.75, 3.05) is 11.9 Å². The first-order valence-electron chi connectivity index (χ1n) is 5.31. The topological polar surface area (TPSA) is 50.7 Å². The van der Waals surface area contributed by atoms with Gasteiger partial charge in [0.05, 0.1) is 0 Å². The van der Waals surface area contributed by atoms with Crippen molar-refractivity contribution in [1.29, 1.82) is 0 Å². The van der Waals surface area contributed by atoms with Gasteiger partial charge >= 0.3 is 0 Å². The van der Waals surface area contributed by atoms with Gasteiger partial charge in [0.15, 0.2) is 5.82 Å². The Kier molecular flexibility index (Phi) is 3.46. The molecule has 0 aromatic carbocycles. The smallest absolute Gasteiger partial charge is 0.202 e. The number of nitrogens with zero attached hydrogens (tertiary/aromatic N) is 3. The second kappa shape index (κ2) is 5.03. The molecule has 0 radical (unpaired) electrons. The van der Waals surface area contributed by atoms with E-state index in [0.717, 1.165) is 29.5 Å². The molecule has 2 heterocycles.